The van der Waals surface area contributed by atoms with Crippen LogP contribution in [0.2, 0.25) is 0 Å². The van der Waals surface area contributed by atoms with Gasteiger partial charge in [0.2, 0.25) is 17.7 Å². The first-order valence-electron chi connectivity index (χ1n) is 10.9. The van der Waals surface area contributed by atoms with Crippen LogP contribution in [0, 0.1) is 5.92 Å². The van der Waals surface area contributed by atoms with Crippen LogP contribution in [0.25, 0.3) is 0 Å². The third-order valence-electron chi connectivity index (χ3n) is 4.78. The van der Waals surface area contributed by atoms with E-state index in [9.17, 15) is 24.3 Å². The number of thioether (sulfide) groups is 3. The molecule has 0 spiro atoms. The Morgan fingerprint density at radius 2 is 1.12 bits per heavy atom. The number of carboxylic acid groups (broad SMARTS) is 1. The van der Waals surface area contributed by atoms with Crippen LogP contribution in [0.4, 0.5) is 0 Å². The molecule has 0 fully saturated rings. The van der Waals surface area contributed by atoms with Gasteiger partial charge in [-0.05, 0) is 67.6 Å². The van der Waals surface area contributed by atoms with Crippen LogP contribution in [0.15, 0.2) is 0 Å². The van der Waals surface area contributed by atoms with Crippen LogP contribution in [0.3, 0.4) is 0 Å². The fraction of sp³-hybridized carbons (Fsp3) is 0.810. The summed E-state index contributed by atoms with van der Waals surface area (Å²) in [6.45, 7) is 3.75. The summed E-state index contributed by atoms with van der Waals surface area (Å²) in [7, 11) is 0. The first-order valence-corrected chi connectivity index (χ1v) is 15.1. The largest absolute Gasteiger partial charge is 0.480 e. The van der Waals surface area contributed by atoms with Gasteiger partial charge in [0.25, 0.3) is 0 Å². The molecule has 0 bridgehead atoms. The number of hydrogen-bond donors (Lipinski definition) is 5. The third kappa shape index (κ3) is 14.0. The van der Waals surface area contributed by atoms with Crippen LogP contribution in [-0.2, 0) is 19.2 Å². The number of rotatable bonds is 18. The second kappa shape index (κ2) is 18.2. The zero-order valence-electron chi connectivity index (χ0n) is 20.2. The molecule has 0 rings (SSSR count). The van der Waals surface area contributed by atoms with Crippen LogP contribution in [0.1, 0.15) is 39.5 Å². The minimum Gasteiger partial charge on any atom is -0.480 e. The third-order valence-corrected chi connectivity index (χ3v) is 6.71. The topological polar surface area (TPSA) is 151 Å². The smallest absolute Gasteiger partial charge is 0.326 e. The Labute approximate surface area is 210 Å². The molecule has 0 radical (unpaired) electrons. The number of nitrogens with one attached hydrogen (secondary N) is 3. The molecule has 0 saturated carbocycles. The van der Waals surface area contributed by atoms with Crippen molar-refractivity contribution in [3.05, 3.63) is 0 Å². The molecular weight excluding hydrogens is 484 g/mol. The minimum absolute atomic E-state index is 0.0760. The van der Waals surface area contributed by atoms with E-state index in [-0.39, 0.29) is 12.3 Å². The highest BCUT2D eigenvalue weighted by atomic mass is 32.2. The van der Waals surface area contributed by atoms with E-state index in [4.69, 9.17) is 5.73 Å². The monoisotopic (exact) mass is 524 g/mol. The van der Waals surface area contributed by atoms with Gasteiger partial charge in [-0.2, -0.15) is 35.3 Å². The van der Waals surface area contributed by atoms with E-state index in [1.54, 1.807) is 11.8 Å². The average molecular weight is 525 g/mol. The summed E-state index contributed by atoms with van der Waals surface area (Å²) in [5.41, 5.74) is 5.93. The molecule has 0 aliphatic carbocycles. The normalized spacial score (nSPS) is 14.8. The van der Waals surface area contributed by atoms with Gasteiger partial charge in [0, 0.05) is 0 Å². The Hall–Kier alpha value is -1.11. The molecular formula is C21H40N4O5S3. The summed E-state index contributed by atoms with van der Waals surface area (Å²) in [5.74, 6) is -0.504. The lowest BCUT2D eigenvalue weighted by atomic mass is 10.0. The molecule has 192 valence electrons. The maximum Gasteiger partial charge on any atom is 0.326 e. The molecule has 0 aliphatic heterocycles. The van der Waals surface area contributed by atoms with Crippen molar-refractivity contribution >= 4 is 59.0 Å². The summed E-state index contributed by atoms with van der Waals surface area (Å²) in [4.78, 5) is 49.9. The average Bonchev–Trinajstić information content (AvgIpc) is 2.76. The molecule has 0 aromatic heterocycles. The lowest BCUT2D eigenvalue weighted by molar-refractivity contribution is -0.142. The Balaban J connectivity index is 5.36. The number of amides is 3. The first kappa shape index (κ1) is 31.9. The zero-order chi connectivity index (χ0) is 25.4. The van der Waals surface area contributed by atoms with Gasteiger partial charge in [-0.25, -0.2) is 4.79 Å². The van der Waals surface area contributed by atoms with E-state index in [2.05, 4.69) is 16.0 Å². The number of hydrogen-bond acceptors (Lipinski definition) is 8. The summed E-state index contributed by atoms with van der Waals surface area (Å²) in [6.07, 6.45) is 7.21. The van der Waals surface area contributed by atoms with Gasteiger partial charge in [0.05, 0.1) is 6.04 Å². The van der Waals surface area contributed by atoms with Crippen molar-refractivity contribution in [2.24, 2.45) is 11.7 Å². The molecule has 4 atom stereocenters. The highest BCUT2D eigenvalue weighted by Gasteiger charge is 2.30. The molecule has 0 saturated heterocycles. The molecule has 4 unspecified atom stereocenters. The van der Waals surface area contributed by atoms with Gasteiger partial charge in [-0.1, -0.05) is 13.8 Å². The molecule has 0 aromatic rings. The van der Waals surface area contributed by atoms with Crippen molar-refractivity contribution in [2.75, 3.05) is 36.0 Å². The standard InChI is InChI=1S/C21H40N4O5S3/c1-13(2)12-17(21(29)30)25-20(28)16(8-11-33-5)24-19(27)15(7-10-32-4)23-18(26)14(22)6-9-31-3/h13-17H,6-12,22H2,1-5H3,(H,23,26)(H,24,27)(H,25,28)(H,29,30). The fourth-order valence-electron chi connectivity index (χ4n) is 2.90. The van der Waals surface area contributed by atoms with Gasteiger partial charge < -0.3 is 26.8 Å². The Kier molecular flexibility index (Phi) is 17.6. The quantitative estimate of drug-likeness (QED) is 0.178. The van der Waals surface area contributed by atoms with Gasteiger partial charge in [-0.3, -0.25) is 14.4 Å². The van der Waals surface area contributed by atoms with Crippen molar-refractivity contribution in [3.63, 3.8) is 0 Å². The fourth-order valence-corrected chi connectivity index (χ4v) is 4.33. The highest BCUT2D eigenvalue weighted by molar-refractivity contribution is 7.98. The van der Waals surface area contributed by atoms with E-state index >= 15 is 0 Å². The van der Waals surface area contributed by atoms with E-state index < -0.39 is 47.9 Å². The molecule has 33 heavy (non-hydrogen) atoms. The van der Waals surface area contributed by atoms with Crippen molar-refractivity contribution in [2.45, 2.75) is 63.7 Å². The van der Waals surface area contributed by atoms with Crippen molar-refractivity contribution < 1.29 is 24.3 Å². The van der Waals surface area contributed by atoms with Crippen molar-refractivity contribution in [1.29, 1.82) is 0 Å². The molecule has 3 amide bonds. The predicted molar refractivity (Wildman–Crippen MR) is 140 cm³/mol. The van der Waals surface area contributed by atoms with E-state index in [1.807, 2.05) is 32.6 Å². The highest BCUT2D eigenvalue weighted by Crippen LogP contribution is 2.09. The zero-order valence-corrected chi connectivity index (χ0v) is 22.7. The van der Waals surface area contributed by atoms with E-state index in [1.165, 1.54) is 23.5 Å². The lowest BCUT2D eigenvalue weighted by Crippen LogP contribution is -2.57. The van der Waals surface area contributed by atoms with Gasteiger partial charge >= 0.3 is 5.97 Å². The Morgan fingerprint density at radius 3 is 1.52 bits per heavy atom. The summed E-state index contributed by atoms with van der Waals surface area (Å²) in [5, 5.41) is 17.4. The van der Waals surface area contributed by atoms with Crippen molar-refractivity contribution in [3.8, 4) is 0 Å². The molecule has 6 N–H and O–H groups in total. The predicted octanol–water partition coefficient (Wildman–Crippen LogP) is 1.16. The maximum atomic E-state index is 13.0. The number of aliphatic carboxylic acids is 1. The van der Waals surface area contributed by atoms with E-state index in [0.29, 0.717) is 30.8 Å². The number of carbonyl (C=O) groups excluding carboxylic acids is 3. The SMILES string of the molecule is CSCCC(N)C(=O)NC(CCSC)C(=O)NC(CCSC)C(=O)NC(CC(C)C)C(=O)O. The van der Waals surface area contributed by atoms with Crippen LogP contribution >= 0.6 is 35.3 Å². The molecule has 0 aromatic carbocycles. The summed E-state index contributed by atoms with van der Waals surface area (Å²) < 4.78 is 0. The van der Waals surface area contributed by atoms with Crippen LogP contribution < -0.4 is 21.7 Å². The second-order valence-electron chi connectivity index (χ2n) is 8.10. The van der Waals surface area contributed by atoms with Crippen LogP contribution in [-0.4, -0.2) is 89.0 Å². The van der Waals surface area contributed by atoms with Crippen molar-refractivity contribution in [1.82, 2.24) is 16.0 Å². The lowest BCUT2D eigenvalue weighted by Gasteiger charge is -2.25. The van der Waals surface area contributed by atoms with E-state index in [0.717, 1.165) is 5.75 Å². The number of nitrogens with two attached hydrogens (primary N) is 1. The molecule has 12 heteroatoms. The Bertz CT molecular complexity index is 625. The molecule has 0 aliphatic rings. The van der Waals surface area contributed by atoms with Gasteiger partial charge in [0.1, 0.15) is 18.1 Å². The second-order valence-corrected chi connectivity index (χ2v) is 11.1. The molecule has 0 heterocycles. The van der Waals surface area contributed by atoms with Gasteiger partial charge in [-0.15, -0.1) is 0 Å². The van der Waals surface area contributed by atoms with Crippen LogP contribution in [0.5, 0.6) is 0 Å². The summed E-state index contributed by atoms with van der Waals surface area (Å²) >= 11 is 4.64. The minimum atomic E-state index is -1.11. The first-order chi connectivity index (χ1) is 15.6. The van der Waals surface area contributed by atoms with Gasteiger partial charge in [0.15, 0.2) is 0 Å². The molecule has 9 nitrogen and oxygen atoms in total. The maximum absolute atomic E-state index is 13.0. The Morgan fingerprint density at radius 1 is 0.727 bits per heavy atom. The number of carboxylic acids is 1. The number of carbonyl (C=O) groups is 4. The summed E-state index contributed by atoms with van der Waals surface area (Å²) in [6, 6.07) is -3.49.